The fourth-order valence-electron chi connectivity index (χ4n) is 0.143. The second-order valence-corrected chi connectivity index (χ2v) is 2.02. The van der Waals surface area contributed by atoms with Gasteiger partial charge in [-0.15, -0.1) is 0 Å². The van der Waals surface area contributed by atoms with Crippen LogP contribution in [0.2, 0.25) is 0 Å². The molecule has 16 heavy (non-hydrogen) atoms. The molecule has 0 heterocycles. The van der Waals surface area contributed by atoms with E-state index in [9.17, 15) is 14.4 Å². The number of hydrogen-bond acceptors (Lipinski definition) is 4. The zero-order valence-electron chi connectivity index (χ0n) is 12.7. The molecule has 0 saturated carbocycles. The van der Waals surface area contributed by atoms with Crippen LogP contribution in [-0.2, 0) is 14.4 Å². The Morgan fingerprint density at radius 2 is 1.19 bits per heavy atom. The predicted molar refractivity (Wildman–Crippen MR) is 59.7 cm³/mol. The number of carboxylic acid groups (broad SMARTS) is 3. The molecule has 7 nitrogen and oxygen atoms in total. The fraction of sp³-hybridized carbons (Fsp3) is 0.286. The summed E-state index contributed by atoms with van der Waals surface area (Å²) in [6.07, 6.45) is -0.116. The summed E-state index contributed by atoms with van der Waals surface area (Å²) >= 11 is 0. The van der Waals surface area contributed by atoms with Crippen molar-refractivity contribution in [1.82, 2.24) is 0 Å². The molecule has 0 spiro atoms. The summed E-state index contributed by atoms with van der Waals surface area (Å²) in [4.78, 5) is 28.6. The molecule has 0 rings (SSSR count). The zero-order valence-corrected chi connectivity index (χ0v) is 11.5. The maximum Gasteiger partial charge on any atom is 2.00 e. The second-order valence-electron chi connectivity index (χ2n) is 2.02. The first-order valence-corrected chi connectivity index (χ1v) is 3.32. The molecule has 0 aliphatic rings. The molecule has 0 aliphatic heterocycles. The van der Waals surface area contributed by atoms with E-state index in [1.807, 2.05) is 0 Å². The SMILES string of the molecule is CC(O)C(=O)O.O=C(O)/C=C/C(=O)O.[H-].[H-].[H-].[H-].[Mg+2].[Mg+2]. The molecule has 9 heteroatoms. The van der Waals surface area contributed by atoms with E-state index in [0.717, 1.165) is 0 Å². The molecule has 1 atom stereocenters. The Kier molecular flexibility index (Phi) is 22.6. The van der Waals surface area contributed by atoms with Crippen molar-refractivity contribution in [3.63, 3.8) is 0 Å². The molecule has 88 valence electrons. The van der Waals surface area contributed by atoms with Gasteiger partial charge in [-0.25, -0.2) is 14.4 Å². The number of aliphatic hydroxyl groups excluding tert-OH is 1. The minimum atomic E-state index is -1.26. The third-order valence-electron chi connectivity index (χ3n) is 0.726. The Hall–Kier alpha value is -0.358. The molecular formula is C7H14Mg2O7. The first kappa shape index (κ1) is 24.7. The minimum Gasteiger partial charge on any atom is -1.00 e. The van der Waals surface area contributed by atoms with Crippen molar-refractivity contribution >= 4 is 64.0 Å². The minimum absolute atomic E-state index is 0. The summed E-state index contributed by atoms with van der Waals surface area (Å²) < 4.78 is 0. The zero-order chi connectivity index (χ0) is 11.7. The molecule has 0 aromatic rings. The maximum absolute atomic E-state index is 9.55. The molecule has 0 saturated heterocycles. The number of hydrogen-bond donors (Lipinski definition) is 4. The second kappa shape index (κ2) is 14.6. The van der Waals surface area contributed by atoms with Crippen LogP contribution in [-0.4, -0.2) is 90.5 Å². The van der Waals surface area contributed by atoms with E-state index in [2.05, 4.69) is 0 Å². The molecule has 1 unspecified atom stereocenters. The number of aliphatic hydroxyl groups is 1. The standard InChI is InChI=1S/C4H4O4.C3H6O3.2Mg.4H/c5-3(6)1-2-4(7)8;1-2(4)3(5)6;;;;;;/h1-2H,(H,5,6)(H,7,8);2,4H,1H3,(H,5,6);;;;;;/q;;2*+2;4*-1/b2-1+;;;;;;;. The topological polar surface area (TPSA) is 132 Å². The summed E-state index contributed by atoms with van der Waals surface area (Å²) in [7, 11) is 0. The Labute approximate surface area is 129 Å². The maximum atomic E-state index is 9.55. The fourth-order valence-corrected chi connectivity index (χ4v) is 0.143. The van der Waals surface area contributed by atoms with Crippen LogP contribution in [0.25, 0.3) is 0 Å². The summed E-state index contributed by atoms with van der Waals surface area (Å²) in [5.41, 5.74) is 0. The number of rotatable bonds is 3. The van der Waals surface area contributed by atoms with E-state index >= 15 is 0 Å². The van der Waals surface area contributed by atoms with E-state index in [-0.39, 0.29) is 51.8 Å². The van der Waals surface area contributed by atoms with Crippen LogP contribution in [0.15, 0.2) is 12.2 Å². The van der Waals surface area contributed by atoms with Crippen molar-refractivity contribution in [3.05, 3.63) is 12.2 Å². The van der Waals surface area contributed by atoms with Crippen LogP contribution in [0.1, 0.15) is 12.6 Å². The Balaban J connectivity index is -0.0000000188. The molecule has 4 N–H and O–H groups in total. The van der Waals surface area contributed by atoms with Crippen LogP contribution < -0.4 is 0 Å². The summed E-state index contributed by atoms with van der Waals surface area (Å²) in [6, 6.07) is 0. The quantitative estimate of drug-likeness (QED) is 0.371. The average Bonchev–Trinajstić information content (AvgIpc) is 2.01. The van der Waals surface area contributed by atoms with Gasteiger partial charge in [0.2, 0.25) is 0 Å². The van der Waals surface area contributed by atoms with Gasteiger partial charge in [-0.1, -0.05) is 0 Å². The van der Waals surface area contributed by atoms with Crippen molar-refractivity contribution in [1.29, 1.82) is 0 Å². The van der Waals surface area contributed by atoms with Gasteiger partial charge >= 0.3 is 64.0 Å². The molecule has 0 amide bonds. The van der Waals surface area contributed by atoms with Crippen molar-refractivity contribution in [3.8, 4) is 0 Å². The van der Waals surface area contributed by atoms with E-state index in [0.29, 0.717) is 12.2 Å². The van der Waals surface area contributed by atoms with Crippen molar-refractivity contribution in [2.24, 2.45) is 0 Å². The van der Waals surface area contributed by atoms with Gasteiger partial charge in [0.25, 0.3) is 0 Å². The summed E-state index contributed by atoms with van der Waals surface area (Å²) in [5.74, 6) is -3.70. The van der Waals surface area contributed by atoms with Crippen molar-refractivity contribution < 1.29 is 40.5 Å². The molecule has 0 bridgehead atoms. The van der Waals surface area contributed by atoms with Gasteiger partial charge in [-0.2, -0.15) is 0 Å². The number of carboxylic acids is 3. The van der Waals surface area contributed by atoms with E-state index in [1.165, 1.54) is 6.92 Å². The Morgan fingerprint density at radius 3 is 1.25 bits per heavy atom. The monoisotopic (exact) mass is 258 g/mol. The number of carbonyl (C=O) groups is 3. The normalized spacial score (nSPS) is 9.88. The van der Waals surface area contributed by atoms with Gasteiger partial charge in [0.15, 0.2) is 0 Å². The first-order valence-electron chi connectivity index (χ1n) is 3.32. The molecule has 0 aliphatic carbocycles. The smallest absolute Gasteiger partial charge is 1.00 e. The molecule has 0 radical (unpaired) electrons. The van der Waals surface area contributed by atoms with Crippen LogP contribution in [0.5, 0.6) is 0 Å². The van der Waals surface area contributed by atoms with Gasteiger partial charge in [0.05, 0.1) is 0 Å². The van der Waals surface area contributed by atoms with Gasteiger partial charge in [-0.05, 0) is 6.92 Å². The van der Waals surface area contributed by atoms with Crippen LogP contribution in [0.3, 0.4) is 0 Å². The first-order chi connectivity index (χ1) is 6.27. The van der Waals surface area contributed by atoms with Gasteiger partial charge in [0.1, 0.15) is 6.10 Å². The van der Waals surface area contributed by atoms with Crippen LogP contribution in [0, 0.1) is 0 Å². The molecule has 0 fully saturated rings. The third-order valence-corrected chi connectivity index (χ3v) is 0.726. The Bertz CT molecular complexity index is 248. The predicted octanol–water partition coefficient (Wildman–Crippen LogP) is -1.15. The summed E-state index contributed by atoms with van der Waals surface area (Å²) in [5, 5.41) is 31.4. The average molecular weight is 259 g/mol. The van der Waals surface area contributed by atoms with E-state index in [1.54, 1.807) is 0 Å². The molecular weight excluding hydrogens is 245 g/mol. The third kappa shape index (κ3) is 29.2. The van der Waals surface area contributed by atoms with Gasteiger partial charge < -0.3 is 26.1 Å². The molecule has 0 aromatic heterocycles. The molecule has 0 aromatic carbocycles. The van der Waals surface area contributed by atoms with Gasteiger partial charge in [-0.3, -0.25) is 0 Å². The van der Waals surface area contributed by atoms with E-state index in [4.69, 9.17) is 20.4 Å². The number of aliphatic carboxylic acids is 3. The summed E-state index contributed by atoms with van der Waals surface area (Å²) in [6.45, 7) is 1.20. The largest absolute Gasteiger partial charge is 2.00 e. The van der Waals surface area contributed by atoms with Gasteiger partial charge in [0, 0.05) is 12.2 Å². The van der Waals surface area contributed by atoms with Crippen molar-refractivity contribution in [2.45, 2.75) is 13.0 Å². The van der Waals surface area contributed by atoms with E-state index < -0.39 is 24.0 Å². The van der Waals surface area contributed by atoms with Crippen LogP contribution >= 0.6 is 0 Å². The van der Waals surface area contributed by atoms with Crippen LogP contribution in [0.4, 0.5) is 0 Å². The van der Waals surface area contributed by atoms with Crippen molar-refractivity contribution in [2.75, 3.05) is 0 Å². The Morgan fingerprint density at radius 1 is 1.00 bits per heavy atom.